The summed E-state index contributed by atoms with van der Waals surface area (Å²) in [6.45, 7) is 0.119. The monoisotopic (exact) mass is 249 g/mol. The zero-order chi connectivity index (χ0) is 12.2. The molecule has 0 bridgehead atoms. The summed E-state index contributed by atoms with van der Waals surface area (Å²) in [5.41, 5.74) is 0. The lowest BCUT2D eigenvalue weighted by atomic mass is 10.1. The van der Waals surface area contributed by atoms with Gasteiger partial charge in [0, 0.05) is 13.2 Å². The molecule has 7 heteroatoms. The highest BCUT2D eigenvalue weighted by atomic mass is 32.2. The molecule has 0 spiro atoms. The van der Waals surface area contributed by atoms with Crippen molar-refractivity contribution in [1.29, 1.82) is 0 Å². The van der Waals surface area contributed by atoms with Crippen molar-refractivity contribution < 1.29 is 23.1 Å². The van der Waals surface area contributed by atoms with Crippen LogP contribution < -0.4 is 4.72 Å². The Bertz CT molecular complexity index is 375. The molecule has 0 saturated carbocycles. The Morgan fingerprint density at radius 1 is 1.56 bits per heavy atom. The van der Waals surface area contributed by atoms with Crippen LogP contribution in [0, 0.1) is 5.92 Å². The van der Waals surface area contributed by atoms with E-state index in [0.717, 1.165) is 0 Å². The fraction of sp³-hybridized carbons (Fsp3) is 0.667. The maximum atomic E-state index is 11.4. The average Bonchev–Trinajstić information content (AvgIpc) is 2.62. The smallest absolute Gasteiger partial charge is 0.310 e. The van der Waals surface area contributed by atoms with Crippen LogP contribution in [-0.2, 0) is 19.6 Å². The van der Waals surface area contributed by atoms with Crippen LogP contribution in [-0.4, -0.2) is 45.0 Å². The number of carbonyl (C=O) groups is 1. The Kier molecular flexibility index (Phi) is 4.45. The van der Waals surface area contributed by atoms with Gasteiger partial charge in [0.2, 0.25) is 10.0 Å². The van der Waals surface area contributed by atoms with Gasteiger partial charge in [0.1, 0.15) is 0 Å². The average molecular weight is 249 g/mol. The van der Waals surface area contributed by atoms with Gasteiger partial charge in [0.05, 0.1) is 18.3 Å². The highest BCUT2D eigenvalue weighted by molar-refractivity contribution is 7.89. The first-order chi connectivity index (χ1) is 7.44. The van der Waals surface area contributed by atoms with Gasteiger partial charge in [-0.25, -0.2) is 13.1 Å². The van der Waals surface area contributed by atoms with Crippen LogP contribution in [0.15, 0.2) is 12.2 Å². The molecule has 0 aromatic rings. The summed E-state index contributed by atoms with van der Waals surface area (Å²) in [4.78, 5) is 10.6. The number of aliphatic carboxylic acids is 1. The van der Waals surface area contributed by atoms with E-state index in [0.29, 0.717) is 0 Å². The minimum absolute atomic E-state index is 0.119. The number of nitrogens with one attached hydrogen (secondary N) is 1. The summed E-state index contributed by atoms with van der Waals surface area (Å²) in [6, 6.07) is -0.428. The molecule has 0 heterocycles. The molecular formula is C9H15NO5S. The highest BCUT2D eigenvalue weighted by Gasteiger charge is 2.27. The van der Waals surface area contributed by atoms with Crippen LogP contribution in [0.3, 0.4) is 0 Å². The Morgan fingerprint density at radius 2 is 2.25 bits per heavy atom. The van der Waals surface area contributed by atoms with Gasteiger partial charge in [0.25, 0.3) is 0 Å². The lowest BCUT2D eigenvalue weighted by Crippen LogP contribution is -2.36. The molecule has 0 fully saturated rings. The van der Waals surface area contributed by atoms with Gasteiger partial charge < -0.3 is 9.84 Å². The maximum Gasteiger partial charge on any atom is 0.310 e. The summed E-state index contributed by atoms with van der Waals surface area (Å²) < 4.78 is 30.0. The molecule has 0 aromatic heterocycles. The van der Waals surface area contributed by atoms with Crippen molar-refractivity contribution in [1.82, 2.24) is 4.72 Å². The van der Waals surface area contributed by atoms with Crippen LogP contribution in [0.2, 0.25) is 0 Å². The number of sulfonamides is 1. The SMILES string of the molecule is COCCS(=O)(=O)NC1C=CC(C(=O)O)C1. The quantitative estimate of drug-likeness (QED) is 0.624. The second-order valence-electron chi connectivity index (χ2n) is 3.60. The van der Waals surface area contributed by atoms with Crippen LogP contribution in [0.25, 0.3) is 0 Å². The Morgan fingerprint density at radius 3 is 2.75 bits per heavy atom. The summed E-state index contributed by atoms with van der Waals surface area (Å²) in [6.07, 6.45) is 3.34. The number of rotatable bonds is 6. The van der Waals surface area contributed by atoms with Crippen LogP contribution in [0.4, 0.5) is 0 Å². The molecule has 1 aliphatic carbocycles. The highest BCUT2D eigenvalue weighted by Crippen LogP contribution is 2.18. The molecule has 0 saturated heterocycles. The van der Waals surface area contributed by atoms with Crippen molar-refractivity contribution in [2.24, 2.45) is 5.92 Å². The summed E-state index contributed by atoms with van der Waals surface area (Å²) in [5, 5.41) is 8.72. The Balaban J connectivity index is 2.46. The van der Waals surface area contributed by atoms with Gasteiger partial charge in [-0.15, -0.1) is 0 Å². The van der Waals surface area contributed by atoms with Crippen LogP contribution in [0.1, 0.15) is 6.42 Å². The summed E-state index contributed by atoms with van der Waals surface area (Å²) >= 11 is 0. The first kappa shape index (κ1) is 13.1. The predicted octanol–water partition coefficient (Wildman–Crippen LogP) is -0.418. The van der Waals surface area contributed by atoms with Crippen molar-refractivity contribution in [2.75, 3.05) is 19.5 Å². The molecule has 1 rings (SSSR count). The summed E-state index contributed by atoms with van der Waals surface area (Å²) in [5.74, 6) is -1.66. The Labute approximate surface area is 94.3 Å². The fourth-order valence-electron chi connectivity index (χ4n) is 1.45. The molecule has 2 unspecified atom stereocenters. The molecule has 0 aromatic carbocycles. The van der Waals surface area contributed by atoms with Crippen LogP contribution >= 0.6 is 0 Å². The van der Waals surface area contributed by atoms with Gasteiger partial charge in [-0.05, 0) is 6.42 Å². The molecule has 0 aliphatic heterocycles. The van der Waals surface area contributed by atoms with E-state index in [1.54, 1.807) is 6.08 Å². The standard InChI is InChI=1S/C9H15NO5S/c1-15-4-5-16(13,14)10-8-3-2-7(6-8)9(11)12/h2-3,7-8,10H,4-6H2,1H3,(H,11,12). The van der Waals surface area contributed by atoms with E-state index in [1.165, 1.54) is 13.2 Å². The zero-order valence-corrected chi connectivity index (χ0v) is 9.74. The van der Waals surface area contributed by atoms with E-state index in [2.05, 4.69) is 9.46 Å². The molecule has 92 valence electrons. The number of hydrogen-bond donors (Lipinski definition) is 2. The molecule has 2 atom stereocenters. The van der Waals surface area contributed by atoms with E-state index in [-0.39, 0.29) is 18.8 Å². The normalized spacial score (nSPS) is 24.8. The first-order valence-corrected chi connectivity index (χ1v) is 6.50. The molecule has 16 heavy (non-hydrogen) atoms. The molecule has 0 amide bonds. The van der Waals surface area contributed by atoms with E-state index in [4.69, 9.17) is 5.11 Å². The lowest BCUT2D eigenvalue weighted by molar-refractivity contribution is -0.140. The molecular weight excluding hydrogens is 234 g/mol. The van der Waals surface area contributed by atoms with Gasteiger partial charge in [-0.2, -0.15) is 0 Å². The van der Waals surface area contributed by atoms with Gasteiger partial charge in [0.15, 0.2) is 0 Å². The summed E-state index contributed by atoms with van der Waals surface area (Å²) in [7, 11) is -1.97. The number of ether oxygens (including phenoxy) is 1. The third-order valence-corrected chi connectivity index (χ3v) is 3.65. The third kappa shape index (κ3) is 3.92. The fourth-order valence-corrected chi connectivity index (χ4v) is 2.59. The molecule has 2 N–H and O–H groups in total. The van der Waals surface area contributed by atoms with E-state index in [9.17, 15) is 13.2 Å². The Hall–Kier alpha value is -0.920. The topological polar surface area (TPSA) is 92.7 Å². The first-order valence-electron chi connectivity index (χ1n) is 4.84. The second kappa shape index (κ2) is 5.42. The number of hydrogen-bond acceptors (Lipinski definition) is 4. The lowest BCUT2D eigenvalue weighted by Gasteiger charge is -2.12. The van der Waals surface area contributed by atoms with E-state index in [1.807, 2.05) is 0 Å². The zero-order valence-electron chi connectivity index (χ0n) is 8.92. The van der Waals surface area contributed by atoms with Crippen molar-refractivity contribution in [3.8, 4) is 0 Å². The largest absolute Gasteiger partial charge is 0.481 e. The van der Waals surface area contributed by atoms with Gasteiger partial charge >= 0.3 is 5.97 Å². The number of carboxylic acids is 1. The van der Waals surface area contributed by atoms with E-state index < -0.39 is 28.0 Å². The van der Waals surface area contributed by atoms with E-state index >= 15 is 0 Å². The minimum atomic E-state index is -3.40. The van der Waals surface area contributed by atoms with Crippen molar-refractivity contribution >= 4 is 16.0 Å². The van der Waals surface area contributed by atoms with Gasteiger partial charge in [-0.3, -0.25) is 4.79 Å². The van der Waals surface area contributed by atoms with Gasteiger partial charge in [-0.1, -0.05) is 12.2 Å². The molecule has 1 aliphatic rings. The van der Waals surface area contributed by atoms with Crippen molar-refractivity contribution in [3.63, 3.8) is 0 Å². The predicted molar refractivity (Wildman–Crippen MR) is 57.5 cm³/mol. The van der Waals surface area contributed by atoms with Crippen molar-refractivity contribution in [2.45, 2.75) is 12.5 Å². The minimum Gasteiger partial charge on any atom is -0.481 e. The molecule has 0 radical (unpaired) electrons. The third-order valence-electron chi connectivity index (χ3n) is 2.29. The number of carboxylic acid groups (broad SMARTS) is 1. The van der Waals surface area contributed by atoms with Crippen LogP contribution in [0.5, 0.6) is 0 Å². The van der Waals surface area contributed by atoms with Crippen molar-refractivity contribution in [3.05, 3.63) is 12.2 Å². The number of methoxy groups -OCH3 is 1. The molecule has 6 nitrogen and oxygen atoms in total. The second-order valence-corrected chi connectivity index (χ2v) is 5.47. The maximum absolute atomic E-state index is 11.4.